The zero-order valence-corrected chi connectivity index (χ0v) is 19.9. The highest BCUT2D eigenvalue weighted by atomic mass is 35.5. The Balaban J connectivity index is 1.54. The van der Waals surface area contributed by atoms with Gasteiger partial charge in [-0.1, -0.05) is 47.5 Å². The van der Waals surface area contributed by atoms with Gasteiger partial charge >= 0.3 is 0 Å². The molecule has 8 heteroatoms. The zero-order valence-electron chi connectivity index (χ0n) is 18.4. The quantitative estimate of drug-likeness (QED) is 0.291. The van der Waals surface area contributed by atoms with Crippen LogP contribution in [0.4, 0.5) is 11.6 Å². The molecule has 3 aromatic carbocycles. The summed E-state index contributed by atoms with van der Waals surface area (Å²) in [5.74, 6) is 0.708. The van der Waals surface area contributed by atoms with E-state index in [1.807, 2.05) is 61.5 Å². The molecule has 4 aromatic rings. The summed E-state index contributed by atoms with van der Waals surface area (Å²) in [5, 5.41) is 7.13. The minimum absolute atomic E-state index is 0.0544. The number of carbonyl (C=O) groups is 1. The Morgan fingerprint density at radius 1 is 0.824 bits per heavy atom. The van der Waals surface area contributed by atoms with E-state index in [1.54, 1.807) is 24.3 Å². The summed E-state index contributed by atoms with van der Waals surface area (Å²) in [6.07, 6.45) is 0. The maximum Gasteiger partial charge on any atom is 0.246 e. The van der Waals surface area contributed by atoms with E-state index in [-0.39, 0.29) is 18.4 Å². The predicted octanol–water partition coefficient (Wildman–Crippen LogP) is 6.57. The summed E-state index contributed by atoms with van der Waals surface area (Å²) >= 11 is 12.1. The van der Waals surface area contributed by atoms with Gasteiger partial charge in [0.25, 0.3) is 0 Å². The highest BCUT2D eigenvalue weighted by Crippen LogP contribution is 2.27. The van der Waals surface area contributed by atoms with Crippen molar-refractivity contribution in [2.75, 3.05) is 23.8 Å². The molecule has 0 radical (unpaired) electrons. The third kappa shape index (κ3) is 6.25. The molecule has 0 aliphatic heterocycles. The fourth-order valence-electron chi connectivity index (χ4n) is 3.23. The van der Waals surface area contributed by atoms with Crippen LogP contribution in [0, 0.1) is 0 Å². The third-order valence-electron chi connectivity index (χ3n) is 4.88. The fraction of sp³-hybridized carbons (Fsp3) is 0.115. The molecule has 0 aliphatic carbocycles. The molecule has 0 saturated heterocycles. The van der Waals surface area contributed by atoms with Gasteiger partial charge in [0.2, 0.25) is 11.9 Å². The Morgan fingerprint density at radius 3 is 1.85 bits per heavy atom. The van der Waals surface area contributed by atoms with Crippen LogP contribution in [0.1, 0.15) is 6.92 Å². The molecule has 1 heterocycles. The number of nitrogens with zero attached hydrogens (tertiary/aromatic N) is 2. The number of rotatable bonds is 8. The Labute approximate surface area is 207 Å². The maximum absolute atomic E-state index is 12.6. The predicted molar refractivity (Wildman–Crippen MR) is 138 cm³/mol. The number of aromatic nitrogens is 2. The van der Waals surface area contributed by atoms with Crippen LogP contribution in [-0.2, 0) is 4.79 Å². The molecule has 1 amide bonds. The number of ether oxygens (including phenoxy) is 1. The van der Waals surface area contributed by atoms with Crippen LogP contribution in [0.25, 0.3) is 22.5 Å². The Kier molecular flexibility index (Phi) is 7.62. The van der Waals surface area contributed by atoms with Gasteiger partial charge in [-0.3, -0.25) is 10.1 Å². The van der Waals surface area contributed by atoms with Crippen molar-refractivity contribution in [3.05, 3.63) is 88.9 Å². The zero-order chi connectivity index (χ0) is 23.9. The second kappa shape index (κ2) is 11.0. The van der Waals surface area contributed by atoms with Crippen LogP contribution < -0.4 is 15.4 Å². The fourth-order valence-corrected chi connectivity index (χ4v) is 3.48. The summed E-state index contributed by atoms with van der Waals surface area (Å²) in [7, 11) is 0. The second-order valence-corrected chi connectivity index (χ2v) is 8.21. The van der Waals surface area contributed by atoms with E-state index in [2.05, 4.69) is 20.6 Å². The van der Waals surface area contributed by atoms with Gasteiger partial charge in [-0.2, -0.15) is 0 Å². The van der Waals surface area contributed by atoms with Crippen molar-refractivity contribution in [3.8, 4) is 28.3 Å². The van der Waals surface area contributed by atoms with Crippen molar-refractivity contribution >= 4 is 40.7 Å². The molecular formula is C26H22Cl2N4O2. The minimum Gasteiger partial charge on any atom is -0.494 e. The highest BCUT2D eigenvalue weighted by molar-refractivity contribution is 6.30. The van der Waals surface area contributed by atoms with Crippen LogP contribution in [-0.4, -0.2) is 29.0 Å². The first-order valence-corrected chi connectivity index (χ1v) is 11.4. The average molecular weight is 493 g/mol. The minimum atomic E-state index is -0.274. The largest absolute Gasteiger partial charge is 0.494 e. The molecule has 6 nitrogen and oxygen atoms in total. The number of hydrogen-bond donors (Lipinski definition) is 2. The van der Waals surface area contributed by atoms with Gasteiger partial charge in [-0.05, 0) is 61.5 Å². The molecule has 0 atom stereocenters. The molecule has 0 unspecified atom stereocenters. The Bertz CT molecular complexity index is 1200. The lowest BCUT2D eigenvalue weighted by Crippen LogP contribution is -2.23. The Hall–Kier alpha value is -3.61. The third-order valence-corrected chi connectivity index (χ3v) is 5.38. The summed E-state index contributed by atoms with van der Waals surface area (Å²) in [5.41, 5.74) is 3.82. The van der Waals surface area contributed by atoms with Gasteiger partial charge in [-0.25, -0.2) is 9.97 Å². The van der Waals surface area contributed by atoms with Crippen LogP contribution in [0.2, 0.25) is 10.0 Å². The number of amides is 1. The first kappa shape index (κ1) is 23.5. The van der Waals surface area contributed by atoms with Crippen molar-refractivity contribution in [2.24, 2.45) is 0 Å². The van der Waals surface area contributed by atoms with Gasteiger partial charge in [-0.15, -0.1) is 0 Å². The smallest absolute Gasteiger partial charge is 0.246 e. The van der Waals surface area contributed by atoms with Crippen molar-refractivity contribution in [2.45, 2.75) is 6.92 Å². The normalized spacial score (nSPS) is 10.6. The van der Waals surface area contributed by atoms with Crippen molar-refractivity contribution < 1.29 is 9.53 Å². The number of benzene rings is 3. The molecule has 0 bridgehead atoms. The van der Waals surface area contributed by atoms with E-state index in [4.69, 9.17) is 27.9 Å². The summed E-state index contributed by atoms with van der Waals surface area (Å²) in [6, 6.07) is 23.9. The SMILES string of the molecule is CCOc1ccc(NCC(=O)Nc2nc(-c3ccc(Cl)cc3)cc(-c3ccc(Cl)cc3)n2)cc1. The summed E-state index contributed by atoms with van der Waals surface area (Å²) < 4.78 is 5.44. The first-order chi connectivity index (χ1) is 16.5. The van der Waals surface area contributed by atoms with E-state index < -0.39 is 0 Å². The number of anilines is 2. The molecule has 1 aromatic heterocycles. The molecule has 0 saturated carbocycles. The van der Waals surface area contributed by atoms with Gasteiger partial charge < -0.3 is 10.1 Å². The van der Waals surface area contributed by atoms with Crippen molar-refractivity contribution in [1.82, 2.24) is 9.97 Å². The van der Waals surface area contributed by atoms with Crippen molar-refractivity contribution in [3.63, 3.8) is 0 Å². The molecule has 0 spiro atoms. The van der Waals surface area contributed by atoms with Crippen LogP contribution in [0.3, 0.4) is 0 Å². The van der Waals surface area contributed by atoms with Gasteiger partial charge in [0, 0.05) is 26.9 Å². The molecule has 34 heavy (non-hydrogen) atoms. The summed E-state index contributed by atoms with van der Waals surface area (Å²) in [4.78, 5) is 21.7. The van der Waals surface area contributed by atoms with E-state index in [9.17, 15) is 4.79 Å². The average Bonchev–Trinajstić information content (AvgIpc) is 2.84. The number of nitrogens with one attached hydrogen (secondary N) is 2. The van der Waals surface area contributed by atoms with Gasteiger partial charge in [0.1, 0.15) is 5.75 Å². The summed E-state index contributed by atoms with van der Waals surface area (Å²) in [6.45, 7) is 2.58. The monoisotopic (exact) mass is 492 g/mol. The van der Waals surface area contributed by atoms with E-state index in [0.29, 0.717) is 28.0 Å². The first-order valence-electron chi connectivity index (χ1n) is 10.7. The van der Waals surface area contributed by atoms with Crippen LogP contribution in [0.5, 0.6) is 5.75 Å². The van der Waals surface area contributed by atoms with Crippen molar-refractivity contribution in [1.29, 1.82) is 0 Å². The lowest BCUT2D eigenvalue weighted by molar-refractivity contribution is -0.114. The molecule has 172 valence electrons. The van der Waals surface area contributed by atoms with Gasteiger partial charge in [0.05, 0.1) is 24.5 Å². The van der Waals surface area contributed by atoms with Gasteiger partial charge in [0.15, 0.2) is 0 Å². The number of hydrogen-bond acceptors (Lipinski definition) is 5. The number of carbonyl (C=O) groups excluding carboxylic acids is 1. The topological polar surface area (TPSA) is 76.1 Å². The van der Waals surface area contributed by atoms with E-state index in [0.717, 1.165) is 22.6 Å². The number of halogens is 2. The van der Waals surface area contributed by atoms with E-state index in [1.165, 1.54) is 0 Å². The highest BCUT2D eigenvalue weighted by Gasteiger charge is 2.12. The van der Waals surface area contributed by atoms with Crippen LogP contribution in [0.15, 0.2) is 78.9 Å². The maximum atomic E-state index is 12.6. The molecule has 0 aliphatic rings. The van der Waals surface area contributed by atoms with E-state index >= 15 is 0 Å². The lowest BCUT2D eigenvalue weighted by Gasteiger charge is -2.11. The molecule has 0 fully saturated rings. The standard InChI is InChI=1S/C26H22Cl2N4O2/c1-2-34-22-13-11-21(12-14-22)29-16-25(33)32-26-30-23(17-3-7-19(27)8-4-17)15-24(31-26)18-5-9-20(28)10-6-18/h3-15,29H,2,16H2,1H3,(H,30,31,32,33). The lowest BCUT2D eigenvalue weighted by atomic mass is 10.1. The second-order valence-electron chi connectivity index (χ2n) is 7.33. The Morgan fingerprint density at radius 2 is 1.35 bits per heavy atom. The molecule has 2 N–H and O–H groups in total. The van der Waals surface area contributed by atoms with Crippen LogP contribution >= 0.6 is 23.2 Å². The molecular weight excluding hydrogens is 471 g/mol. The molecule has 4 rings (SSSR count).